The van der Waals surface area contributed by atoms with E-state index in [0.29, 0.717) is 5.69 Å². The molecule has 1 aromatic carbocycles. The molecule has 2 aromatic rings. The quantitative estimate of drug-likeness (QED) is 0.665. The molecular formula is C12H9FN. The Morgan fingerprint density at radius 2 is 2.00 bits per heavy atom. The topological polar surface area (TPSA) is 12.9 Å². The fourth-order valence-electron chi connectivity index (χ4n) is 1.30. The second kappa shape index (κ2) is 3.58. The standard InChI is InChI=1S/C12H9FN/c1-2-10(13)12-8-7-9-5-3-4-6-11(9)14-12/h2-8H,1H2/b10-2-. The van der Waals surface area contributed by atoms with E-state index >= 15 is 0 Å². The highest BCUT2D eigenvalue weighted by Crippen LogP contribution is 2.17. The third-order valence-electron chi connectivity index (χ3n) is 2.02. The molecule has 0 spiro atoms. The van der Waals surface area contributed by atoms with Crippen molar-refractivity contribution in [3.05, 3.63) is 55.1 Å². The zero-order chi connectivity index (χ0) is 9.97. The molecule has 2 heteroatoms. The van der Waals surface area contributed by atoms with Crippen LogP contribution in [0.1, 0.15) is 5.69 Å². The molecule has 0 aliphatic heterocycles. The number of hydrogen-bond acceptors (Lipinski definition) is 1. The van der Waals surface area contributed by atoms with Gasteiger partial charge in [0.1, 0.15) is 5.83 Å². The number of fused-ring (bicyclic) bond motifs is 1. The molecule has 0 fully saturated rings. The van der Waals surface area contributed by atoms with Gasteiger partial charge in [0.25, 0.3) is 0 Å². The molecule has 0 amide bonds. The lowest BCUT2D eigenvalue weighted by atomic mass is 10.2. The summed E-state index contributed by atoms with van der Waals surface area (Å²) in [5.41, 5.74) is 1.13. The van der Waals surface area contributed by atoms with E-state index in [4.69, 9.17) is 0 Å². The minimum Gasteiger partial charge on any atom is -0.245 e. The fraction of sp³-hybridized carbons (Fsp3) is 0. The second-order valence-corrected chi connectivity index (χ2v) is 2.94. The van der Waals surface area contributed by atoms with E-state index in [1.165, 1.54) is 0 Å². The first-order valence-corrected chi connectivity index (χ1v) is 4.32. The minimum atomic E-state index is -0.393. The number of halogens is 1. The molecule has 69 valence electrons. The van der Waals surface area contributed by atoms with E-state index < -0.39 is 5.83 Å². The molecule has 1 radical (unpaired) electrons. The number of aromatic nitrogens is 1. The van der Waals surface area contributed by atoms with Crippen molar-refractivity contribution >= 4 is 16.7 Å². The van der Waals surface area contributed by atoms with Gasteiger partial charge in [-0.1, -0.05) is 24.3 Å². The van der Waals surface area contributed by atoms with Crippen LogP contribution in [0.25, 0.3) is 16.7 Å². The Hall–Kier alpha value is -1.70. The molecule has 0 atom stereocenters. The zero-order valence-corrected chi connectivity index (χ0v) is 7.57. The smallest absolute Gasteiger partial charge is 0.144 e. The third-order valence-corrected chi connectivity index (χ3v) is 2.02. The molecule has 2 rings (SSSR count). The van der Waals surface area contributed by atoms with Crippen LogP contribution in [0.4, 0.5) is 4.39 Å². The summed E-state index contributed by atoms with van der Waals surface area (Å²) in [4.78, 5) is 4.16. The highest BCUT2D eigenvalue weighted by molar-refractivity contribution is 5.80. The molecule has 0 saturated heterocycles. The van der Waals surface area contributed by atoms with Crippen molar-refractivity contribution in [2.24, 2.45) is 0 Å². The fourth-order valence-corrected chi connectivity index (χ4v) is 1.30. The summed E-state index contributed by atoms with van der Waals surface area (Å²) in [7, 11) is 0. The Morgan fingerprint density at radius 1 is 1.21 bits per heavy atom. The molecule has 14 heavy (non-hydrogen) atoms. The van der Waals surface area contributed by atoms with Gasteiger partial charge in [-0.3, -0.25) is 0 Å². The van der Waals surface area contributed by atoms with Crippen molar-refractivity contribution in [1.29, 1.82) is 0 Å². The number of pyridine rings is 1. The Bertz CT molecular complexity index is 488. The molecule has 0 saturated carbocycles. The third kappa shape index (κ3) is 1.51. The molecule has 1 aromatic heterocycles. The number of allylic oxidation sites excluding steroid dienone is 1. The van der Waals surface area contributed by atoms with Crippen molar-refractivity contribution in [2.75, 3.05) is 0 Å². The van der Waals surface area contributed by atoms with Gasteiger partial charge < -0.3 is 0 Å². The van der Waals surface area contributed by atoms with Crippen molar-refractivity contribution in [3.8, 4) is 0 Å². The normalized spacial score (nSPS) is 12.0. The summed E-state index contributed by atoms with van der Waals surface area (Å²) in [5, 5.41) is 1.01. The predicted molar refractivity (Wildman–Crippen MR) is 56.2 cm³/mol. The Kier molecular flexibility index (Phi) is 2.27. The predicted octanol–water partition coefficient (Wildman–Crippen LogP) is 3.38. The molecule has 0 unspecified atom stereocenters. The largest absolute Gasteiger partial charge is 0.245 e. The van der Waals surface area contributed by atoms with E-state index in [1.807, 2.05) is 30.3 Å². The van der Waals surface area contributed by atoms with Crippen LogP contribution in [0.5, 0.6) is 0 Å². The lowest BCUT2D eigenvalue weighted by Crippen LogP contribution is -1.85. The lowest BCUT2D eigenvalue weighted by molar-refractivity contribution is 0.754. The van der Waals surface area contributed by atoms with Gasteiger partial charge in [-0.15, -0.1) is 0 Å². The SMILES string of the molecule is [CH2]/C=C(\F)c1ccc2ccccc2n1. The molecular weight excluding hydrogens is 177 g/mol. The Labute approximate surface area is 81.9 Å². The van der Waals surface area contributed by atoms with Gasteiger partial charge in [0.05, 0.1) is 11.2 Å². The van der Waals surface area contributed by atoms with Gasteiger partial charge in [0.15, 0.2) is 0 Å². The van der Waals surface area contributed by atoms with Gasteiger partial charge >= 0.3 is 0 Å². The maximum atomic E-state index is 13.1. The summed E-state index contributed by atoms with van der Waals surface area (Å²) >= 11 is 0. The average molecular weight is 186 g/mol. The molecule has 0 N–H and O–H groups in total. The van der Waals surface area contributed by atoms with Gasteiger partial charge in [0, 0.05) is 5.39 Å². The van der Waals surface area contributed by atoms with Crippen molar-refractivity contribution in [2.45, 2.75) is 0 Å². The number of rotatable bonds is 1. The van der Waals surface area contributed by atoms with Crippen molar-refractivity contribution in [3.63, 3.8) is 0 Å². The highest BCUT2D eigenvalue weighted by atomic mass is 19.1. The van der Waals surface area contributed by atoms with E-state index in [1.54, 1.807) is 6.07 Å². The number of hydrogen-bond donors (Lipinski definition) is 0. The van der Waals surface area contributed by atoms with Crippen LogP contribution in [0.3, 0.4) is 0 Å². The summed E-state index contributed by atoms with van der Waals surface area (Å²) < 4.78 is 13.1. The van der Waals surface area contributed by atoms with Crippen LogP contribution in [0.2, 0.25) is 0 Å². The molecule has 1 nitrogen and oxygen atoms in total. The minimum absolute atomic E-state index is 0.332. The Morgan fingerprint density at radius 3 is 2.79 bits per heavy atom. The molecule has 0 aliphatic carbocycles. The van der Waals surface area contributed by atoms with E-state index in [9.17, 15) is 4.39 Å². The van der Waals surface area contributed by atoms with E-state index in [-0.39, 0.29) is 0 Å². The highest BCUT2D eigenvalue weighted by Gasteiger charge is 2.01. The van der Waals surface area contributed by atoms with Gasteiger partial charge in [-0.25, -0.2) is 9.37 Å². The number of benzene rings is 1. The summed E-state index contributed by atoms with van der Waals surface area (Å²) in [5.74, 6) is -0.393. The molecule has 1 heterocycles. The summed E-state index contributed by atoms with van der Waals surface area (Å²) in [6, 6.07) is 11.1. The van der Waals surface area contributed by atoms with E-state index in [2.05, 4.69) is 11.9 Å². The number of para-hydroxylation sites is 1. The van der Waals surface area contributed by atoms with Crippen LogP contribution in [-0.4, -0.2) is 4.98 Å². The van der Waals surface area contributed by atoms with Crippen LogP contribution in [0, 0.1) is 6.92 Å². The first-order valence-electron chi connectivity index (χ1n) is 4.32. The van der Waals surface area contributed by atoms with Crippen LogP contribution >= 0.6 is 0 Å². The molecule has 0 bridgehead atoms. The zero-order valence-electron chi connectivity index (χ0n) is 7.57. The monoisotopic (exact) mass is 186 g/mol. The first kappa shape index (κ1) is 8.88. The van der Waals surface area contributed by atoms with Crippen molar-refractivity contribution < 1.29 is 4.39 Å². The summed E-state index contributed by atoms with van der Waals surface area (Å²) in [6.45, 7) is 3.37. The Balaban J connectivity index is 2.62. The van der Waals surface area contributed by atoms with Crippen molar-refractivity contribution in [1.82, 2.24) is 4.98 Å². The first-order chi connectivity index (χ1) is 6.81. The van der Waals surface area contributed by atoms with Gasteiger partial charge in [0.2, 0.25) is 0 Å². The lowest BCUT2D eigenvalue weighted by Gasteiger charge is -1.99. The second-order valence-electron chi connectivity index (χ2n) is 2.94. The maximum absolute atomic E-state index is 13.1. The van der Waals surface area contributed by atoms with Gasteiger partial charge in [-0.2, -0.15) is 0 Å². The van der Waals surface area contributed by atoms with Crippen LogP contribution in [-0.2, 0) is 0 Å². The number of nitrogens with zero attached hydrogens (tertiary/aromatic N) is 1. The average Bonchev–Trinajstić information content (AvgIpc) is 2.27. The van der Waals surface area contributed by atoms with Gasteiger partial charge in [-0.05, 0) is 25.1 Å². The maximum Gasteiger partial charge on any atom is 0.144 e. The van der Waals surface area contributed by atoms with Crippen LogP contribution < -0.4 is 0 Å². The summed E-state index contributed by atoms with van der Waals surface area (Å²) in [6.07, 6.45) is 1.16. The molecule has 0 aliphatic rings. The van der Waals surface area contributed by atoms with Crippen LogP contribution in [0.15, 0.2) is 42.5 Å². The van der Waals surface area contributed by atoms with E-state index in [0.717, 1.165) is 17.0 Å².